The van der Waals surface area contributed by atoms with Gasteiger partial charge in [-0.05, 0) is 55.3 Å². The molecule has 0 radical (unpaired) electrons. The molecule has 1 aromatic heterocycles. The second-order valence-corrected chi connectivity index (χ2v) is 8.89. The fourth-order valence-corrected chi connectivity index (χ4v) is 4.34. The molecule has 0 saturated heterocycles. The fourth-order valence-electron chi connectivity index (χ4n) is 4.34. The number of ether oxygens (including phenoxy) is 5. The second-order valence-electron chi connectivity index (χ2n) is 8.89. The highest BCUT2D eigenvalue weighted by atomic mass is 16.5. The lowest BCUT2D eigenvalue weighted by molar-refractivity contribution is 0.0201. The van der Waals surface area contributed by atoms with Crippen LogP contribution < -0.4 is 18.9 Å². The van der Waals surface area contributed by atoms with E-state index < -0.39 is 6.10 Å². The van der Waals surface area contributed by atoms with Crippen molar-refractivity contribution in [3.63, 3.8) is 0 Å². The minimum absolute atomic E-state index is 0.139. The summed E-state index contributed by atoms with van der Waals surface area (Å²) < 4.78 is 30.1. The highest BCUT2D eigenvalue weighted by Gasteiger charge is 2.17. The Morgan fingerprint density at radius 1 is 0.865 bits per heavy atom. The molecule has 0 aliphatic rings. The molecular weight excluding hydrogens is 472 g/mol. The molecule has 0 bridgehead atoms. The van der Waals surface area contributed by atoms with Crippen LogP contribution in [0, 0.1) is 13.8 Å². The predicted octanol–water partition coefficient (Wildman–Crippen LogP) is 4.84. The van der Waals surface area contributed by atoms with Gasteiger partial charge in [0, 0.05) is 0 Å². The molecule has 1 atom stereocenters. The second kappa shape index (κ2) is 12.0. The number of nitrogens with zero attached hydrogens (tertiary/aromatic N) is 2. The number of aliphatic hydroxyl groups is 1. The van der Waals surface area contributed by atoms with E-state index in [2.05, 4.69) is 13.0 Å². The number of aromatic nitrogens is 2. The number of imidazole rings is 1. The van der Waals surface area contributed by atoms with Gasteiger partial charge in [0.2, 0.25) is 5.75 Å². The normalized spacial score (nSPS) is 11.9. The van der Waals surface area contributed by atoms with E-state index in [1.165, 1.54) is 5.56 Å². The zero-order chi connectivity index (χ0) is 26.4. The SMILES string of the molecule is COc1cc(COCC(O)Cn2c(COc3ccc(C)cc3C)nc3ccccc32)cc(OC)c1OC. The van der Waals surface area contributed by atoms with Crippen molar-refractivity contribution in [2.75, 3.05) is 27.9 Å². The van der Waals surface area contributed by atoms with Gasteiger partial charge in [-0.3, -0.25) is 0 Å². The van der Waals surface area contributed by atoms with Gasteiger partial charge >= 0.3 is 0 Å². The Kier molecular flexibility index (Phi) is 8.53. The van der Waals surface area contributed by atoms with Crippen molar-refractivity contribution < 1.29 is 28.8 Å². The summed E-state index contributed by atoms with van der Waals surface area (Å²) in [5.41, 5.74) is 4.89. The molecule has 8 heteroatoms. The van der Waals surface area contributed by atoms with Crippen LogP contribution in [0.4, 0.5) is 0 Å². The zero-order valence-electron chi connectivity index (χ0n) is 22.0. The molecule has 8 nitrogen and oxygen atoms in total. The Morgan fingerprint density at radius 2 is 1.59 bits per heavy atom. The van der Waals surface area contributed by atoms with Gasteiger partial charge < -0.3 is 33.4 Å². The molecule has 0 aliphatic carbocycles. The number of para-hydroxylation sites is 2. The summed E-state index contributed by atoms with van der Waals surface area (Å²) >= 11 is 0. The lowest BCUT2D eigenvalue weighted by Gasteiger charge is -2.17. The van der Waals surface area contributed by atoms with Gasteiger partial charge in [-0.1, -0.05) is 29.8 Å². The van der Waals surface area contributed by atoms with Crippen LogP contribution in [0.3, 0.4) is 0 Å². The molecule has 3 aromatic carbocycles. The summed E-state index contributed by atoms with van der Waals surface area (Å²) in [7, 11) is 4.71. The molecule has 196 valence electrons. The van der Waals surface area contributed by atoms with E-state index in [1.54, 1.807) is 21.3 Å². The zero-order valence-corrected chi connectivity index (χ0v) is 22.0. The number of aliphatic hydroxyl groups excluding tert-OH is 1. The molecule has 1 N–H and O–H groups in total. The molecule has 4 rings (SSSR count). The standard InChI is InChI=1S/C29H34N2O6/c1-19-10-11-25(20(2)12-19)37-18-28-30-23-8-6-7-9-24(23)31(28)15-22(32)17-36-16-21-13-26(33-3)29(35-5)27(14-21)34-4/h6-14,22,32H,15-18H2,1-5H3. The lowest BCUT2D eigenvalue weighted by atomic mass is 10.1. The van der Waals surface area contributed by atoms with Crippen LogP contribution in [0.15, 0.2) is 54.6 Å². The molecule has 4 aromatic rings. The van der Waals surface area contributed by atoms with E-state index in [0.29, 0.717) is 23.8 Å². The van der Waals surface area contributed by atoms with Crippen molar-refractivity contribution >= 4 is 11.0 Å². The highest BCUT2D eigenvalue weighted by Crippen LogP contribution is 2.38. The molecule has 0 aliphatic heterocycles. The van der Waals surface area contributed by atoms with Gasteiger partial charge in [-0.15, -0.1) is 0 Å². The van der Waals surface area contributed by atoms with Gasteiger partial charge in [-0.25, -0.2) is 4.98 Å². The van der Waals surface area contributed by atoms with Crippen LogP contribution in [-0.2, 0) is 24.5 Å². The average molecular weight is 507 g/mol. The van der Waals surface area contributed by atoms with Crippen molar-refractivity contribution in [3.8, 4) is 23.0 Å². The van der Waals surface area contributed by atoms with E-state index in [1.807, 2.05) is 60.0 Å². The first-order valence-electron chi connectivity index (χ1n) is 12.1. The van der Waals surface area contributed by atoms with Gasteiger partial charge in [-0.2, -0.15) is 0 Å². The number of fused-ring (bicyclic) bond motifs is 1. The molecular formula is C29H34N2O6. The van der Waals surface area contributed by atoms with Crippen LogP contribution in [0.2, 0.25) is 0 Å². The van der Waals surface area contributed by atoms with Crippen LogP contribution >= 0.6 is 0 Å². The first-order valence-corrected chi connectivity index (χ1v) is 12.1. The summed E-state index contributed by atoms with van der Waals surface area (Å²) in [5, 5.41) is 10.8. The third-order valence-electron chi connectivity index (χ3n) is 6.12. The Morgan fingerprint density at radius 3 is 2.27 bits per heavy atom. The number of benzene rings is 3. The van der Waals surface area contributed by atoms with Crippen LogP contribution in [0.5, 0.6) is 23.0 Å². The Bertz CT molecular complexity index is 1320. The Hall–Kier alpha value is -3.75. The average Bonchev–Trinajstić information content (AvgIpc) is 3.24. The maximum atomic E-state index is 10.8. The minimum atomic E-state index is -0.750. The third kappa shape index (κ3) is 6.15. The van der Waals surface area contributed by atoms with Crippen molar-refractivity contribution in [3.05, 3.63) is 77.1 Å². The molecule has 1 heterocycles. The summed E-state index contributed by atoms with van der Waals surface area (Å²) in [4.78, 5) is 4.76. The highest BCUT2D eigenvalue weighted by molar-refractivity contribution is 5.75. The van der Waals surface area contributed by atoms with E-state index in [-0.39, 0.29) is 19.8 Å². The van der Waals surface area contributed by atoms with Gasteiger partial charge in [0.25, 0.3) is 0 Å². The quantitative estimate of drug-likeness (QED) is 0.294. The molecule has 1 unspecified atom stereocenters. The first-order chi connectivity index (χ1) is 17.9. The number of hydrogen-bond acceptors (Lipinski definition) is 7. The van der Waals surface area contributed by atoms with E-state index in [0.717, 1.165) is 33.7 Å². The van der Waals surface area contributed by atoms with Gasteiger partial charge in [0.05, 0.1) is 58.2 Å². The van der Waals surface area contributed by atoms with E-state index in [4.69, 9.17) is 28.7 Å². The summed E-state index contributed by atoms with van der Waals surface area (Å²) in [5.74, 6) is 3.19. The largest absolute Gasteiger partial charge is 0.493 e. The summed E-state index contributed by atoms with van der Waals surface area (Å²) in [6.45, 7) is 5.11. The number of aryl methyl sites for hydroxylation is 2. The molecule has 0 amide bonds. The van der Waals surface area contributed by atoms with Gasteiger partial charge in [0.15, 0.2) is 11.5 Å². The smallest absolute Gasteiger partial charge is 0.203 e. The molecule has 0 spiro atoms. The number of hydrogen-bond donors (Lipinski definition) is 1. The van der Waals surface area contributed by atoms with Gasteiger partial charge in [0.1, 0.15) is 18.2 Å². The third-order valence-corrected chi connectivity index (χ3v) is 6.12. The first kappa shape index (κ1) is 26.3. The summed E-state index contributed by atoms with van der Waals surface area (Å²) in [6, 6.07) is 17.6. The maximum absolute atomic E-state index is 10.8. The van der Waals surface area contributed by atoms with Crippen molar-refractivity contribution in [1.29, 1.82) is 0 Å². The van der Waals surface area contributed by atoms with Crippen LogP contribution in [0.25, 0.3) is 11.0 Å². The maximum Gasteiger partial charge on any atom is 0.203 e. The van der Waals surface area contributed by atoms with Crippen molar-refractivity contribution in [2.45, 2.75) is 39.7 Å². The van der Waals surface area contributed by atoms with Crippen LogP contribution in [0.1, 0.15) is 22.5 Å². The molecule has 37 heavy (non-hydrogen) atoms. The number of rotatable bonds is 12. The Balaban J connectivity index is 1.44. The monoisotopic (exact) mass is 506 g/mol. The van der Waals surface area contributed by atoms with Crippen LogP contribution in [-0.4, -0.2) is 48.7 Å². The summed E-state index contributed by atoms with van der Waals surface area (Å²) in [6.07, 6.45) is -0.750. The van der Waals surface area contributed by atoms with E-state index >= 15 is 0 Å². The molecule has 0 saturated carbocycles. The Labute approximate surface area is 217 Å². The minimum Gasteiger partial charge on any atom is -0.493 e. The van der Waals surface area contributed by atoms with Crippen molar-refractivity contribution in [1.82, 2.24) is 9.55 Å². The van der Waals surface area contributed by atoms with Crippen molar-refractivity contribution in [2.24, 2.45) is 0 Å². The van der Waals surface area contributed by atoms with E-state index in [9.17, 15) is 5.11 Å². The molecule has 0 fully saturated rings. The predicted molar refractivity (Wildman–Crippen MR) is 142 cm³/mol. The fraction of sp³-hybridized carbons (Fsp3) is 0.345. The number of methoxy groups -OCH3 is 3. The topological polar surface area (TPSA) is 84.2 Å². The lowest BCUT2D eigenvalue weighted by Crippen LogP contribution is -2.23.